The Morgan fingerprint density at radius 2 is 1.96 bits per heavy atom. The number of benzene rings is 1. The number of rotatable bonds is 2. The molecule has 4 rings (SSSR count). The summed E-state index contributed by atoms with van der Waals surface area (Å²) < 4.78 is 28.1. The van der Waals surface area contributed by atoms with Gasteiger partial charge < -0.3 is 15.6 Å². The van der Waals surface area contributed by atoms with Crippen LogP contribution in [0.2, 0.25) is 0 Å². The van der Waals surface area contributed by atoms with Crippen LogP contribution >= 0.6 is 0 Å². The van der Waals surface area contributed by atoms with Crippen molar-refractivity contribution >= 4 is 11.5 Å². The highest BCUT2D eigenvalue weighted by molar-refractivity contribution is 5.64. The van der Waals surface area contributed by atoms with Crippen LogP contribution in [0, 0.1) is 18.6 Å². The first-order valence-electron chi connectivity index (χ1n) is 8.15. The molecule has 0 saturated heterocycles. The minimum absolute atomic E-state index is 0.00576. The van der Waals surface area contributed by atoms with Gasteiger partial charge in [0.25, 0.3) is 0 Å². The number of anilines is 2. The summed E-state index contributed by atoms with van der Waals surface area (Å²) >= 11 is 0. The van der Waals surface area contributed by atoms with Crippen molar-refractivity contribution in [2.75, 3.05) is 17.2 Å². The fourth-order valence-electron chi connectivity index (χ4n) is 3.43. The van der Waals surface area contributed by atoms with Gasteiger partial charge in [0.05, 0.1) is 23.1 Å². The Kier molecular flexibility index (Phi) is 3.67. The molecule has 0 fully saturated rings. The minimum Gasteiger partial charge on any atom is -0.384 e. The zero-order valence-corrected chi connectivity index (χ0v) is 13.8. The number of aromatic amines is 1. The van der Waals surface area contributed by atoms with Gasteiger partial charge in [-0.1, -0.05) is 6.07 Å². The van der Waals surface area contributed by atoms with E-state index >= 15 is 0 Å². The predicted octanol–water partition coefficient (Wildman–Crippen LogP) is 3.81. The van der Waals surface area contributed by atoms with Crippen LogP contribution < -0.4 is 10.6 Å². The van der Waals surface area contributed by atoms with Crippen LogP contribution in [0.5, 0.6) is 0 Å². The first-order chi connectivity index (χ1) is 12.0. The van der Waals surface area contributed by atoms with E-state index in [-0.39, 0.29) is 5.56 Å². The topological polar surface area (TPSA) is 57.9 Å². The second kappa shape index (κ2) is 5.88. The predicted molar refractivity (Wildman–Crippen MR) is 94.3 cm³/mol. The van der Waals surface area contributed by atoms with Gasteiger partial charge in [0.2, 0.25) is 0 Å². The number of aromatic nitrogens is 2. The van der Waals surface area contributed by atoms with E-state index in [9.17, 15) is 8.78 Å². The van der Waals surface area contributed by atoms with Gasteiger partial charge in [0.15, 0.2) is 0 Å². The first kappa shape index (κ1) is 15.6. The van der Waals surface area contributed by atoms with E-state index in [1.54, 1.807) is 6.20 Å². The van der Waals surface area contributed by atoms with Crippen molar-refractivity contribution in [2.24, 2.45) is 0 Å². The number of pyridine rings is 1. The highest BCUT2D eigenvalue weighted by Crippen LogP contribution is 2.32. The van der Waals surface area contributed by atoms with Crippen LogP contribution in [0.3, 0.4) is 0 Å². The molecule has 3 heterocycles. The van der Waals surface area contributed by atoms with Crippen molar-refractivity contribution in [3.8, 4) is 11.3 Å². The summed E-state index contributed by atoms with van der Waals surface area (Å²) in [6.07, 6.45) is 2.55. The molecule has 3 N–H and O–H groups in total. The molecule has 0 atom stereocenters. The zero-order valence-electron chi connectivity index (χ0n) is 13.8. The summed E-state index contributed by atoms with van der Waals surface area (Å²) in [7, 11) is 0. The summed E-state index contributed by atoms with van der Waals surface area (Å²) in [5.41, 5.74) is 10.4. The van der Waals surface area contributed by atoms with Crippen molar-refractivity contribution in [2.45, 2.75) is 19.9 Å². The molecule has 2 aromatic heterocycles. The van der Waals surface area contributed by atoms with Gasteiger partial charge >= 0.3 is 0 Å². The lowest BCUT2D eigenvalue weighted by molar-refractivity contribution is 0.589. The zero-order chi connectivity index (χ0) is 17.6. The van der Waals surface area contributed by atoms with Crippen molar-refractivity contribution in [3.63, 3.8) is 0 Å². The molecule has 1 aliphatic rings. The molecule has 0 amide bonds. The van der Waals surface area contributed by atoms with Crippen molar-refractivity contribution in [1.29, 1.82) is 0 Å². The first-order valence-corrected chi connectivity index (χ1v) is 8.15. The molecule has 0 unspecified atom stereocenters. The number of H-pyrrole nitrogens is 1. The SMILES string of the molecule is Cc1cc(N)ncc1N1CCc2[nH]c(-c3c(F)cccc3F)cc2C1. The molecule has 3 aromatic rings. The second-order valence-corrected chi connectivity index (χ2v) is 6.35. The fourth-order valence-corrected chi connectivity index (χ4v) is 3.43. The Balaban J connectivity index is 1.68. The molecular weight excluding hydrogens is 322 g/mol. The van der Waals surface area contributed by atoms with E-state index in [0.29, 0.717) is 18.1 Å². The average Bonchev–Trinajstić information content (AvgIpc) is 2.97. The third-order valence-electron chi connectivity index (χ3n) is 4.66. The van der Waals surface area contributed by atoms with Crippen LogP contribution in [0.15, 0.2) is 36.5 Å². The highest BCUT2D eigenvalue weighted by Gasteiger charge is 2.22. The minimum atomic E-state index is -0.561. The number of nitrogen functional groups attached to an aromatic ring is 1. The Morgan fingerprint density at radius 1 is 1.20 bits per heavy atom. The van der Waals surface area contributed by atoms with E-state index in [1.165, 1.54) is 18.2 Å². The molecule has 0 bridgehead atoms. The molecule has 1 aromatic carbocycles. The van der Waals surface area contributed by atoms with E-state index in [0.717, 1.165) is 35.5 Å². The molecule has 1 aliphatic heterocycles. The number of hydrogen-bond acceptors (Lipinski definition) is 3. The molecule has 0 saturated carbocycles. The Hall–Kier alpha value is -2.89. The number of aryl methyl sites for hydroxylation is 1. The normalized spacial score (nSPS) is 13.8. The highest BCUT2D eigenvalue weighted by atomic mass is 19.1. The van der Waals surface area contributed by atoms with Crippen LogP contribution in [-0.2, 0) is 13.0 Å². The third kappa shape index (κ3) is 2.73. The number of hydrogen-bond donors (Lipinski definition) is 2. The van der Waals surface area contributed by atoms with E-state index in [2.05, 4.69) is 14.9 Å². The van der Waals surface area contributed by atoms with Gasteiger partial charge in [0.1, 0.15) is 17.5 Å². The van der Waals surface area contributed by atoms with Gasteiger partial charge in [-0.05, 0) is 42.3 Å². The summed E-state index contributed by atoms with van der Waals surface area (Å²) in [5, 5.41) is 0. The maximum absolute atomic E-state index is 14.0. The Labute approximate surface area is 144 Å². The molecule has 0 spiro atoms. The molecule has 128 valence electrons. The maximum atomic E-state index is 14.0. The van der Waals surface area contributed by atoms with Gasteiger partial charge in [0, 0.05) is 25.2 Å². The lowest BCUT2D eigenvalue weighted by Gasteiger charge is -2.30. The lowest BCUT2D eigenvalue weighted by atomic mass is 10.1. The van der Waals surface area contributed by atoms with Crippen LogP contribution in [0.4, 0.5) is 20.3 Å². The summed E-state index contributed by atoms with van der Waals surface area (Å²) in [6, 6.07) is 7.60. The average molecular weight is 340 g/mol. The monoisotopic (exact) mass is 340 g/mol. The van der Waals surface area contributed by atoms with Crippen LogP contribution in [0.1, 0.15) is 16.8 Å². The number of fused-ring (bicyclic) bond motifs is 1. The summed E-state index contributed by atoms with van der Waals surface area (Å²) in [5.74, 6) is -0.624. The number of nitrogens with one attached hydrogen (secondary N) is 1. The standard InChI is InChI=1S/C19H18F2N4/c1-11-7-18(22)23-9-17(11)25-6-5-15-12(10-25)8-16(24-15)19-13(20)3-2-4-14(19)21/h2-4,7-9,24H,5-6,10H2,1H3,(H2,22,23). The van der Waals surface area contributed by atoms with E-state index < -0.39 is 11.6 Å². The fraction of sp³-hybridized carbons (Fsp3) is 0.211. The molecule has 4 nitrogen and oxygen atoms in total. The van der Waals surface area contributed by atoms with Gasteiger partial charge in [-0.2, -0.15) is 0 Å². The molecule has 0 radical (unpaired) electrons. The number of nitrogens with two attached hydrogens (primary N) is 1. The van der Waals surface area contributed by atoms with Crippen LogP contribution in [0.25, 0.3) is 11.3 Å². The van der Waals surface area contributed by atoms with Gasteiger partial charge in [-0.15, -0.1) is 0 Å². The van der Waals surface area contributed by atoms with Crippen molar-refractivity contribution < 1.29 is 8.78 Å². The quantitative estimate of drug-likeness (QED) is 0.746. The third-order valence-corrected chi connectivity index (χ3v) is 4.66. The summed E-state index contributed by atoms with van der Waals surface area (Å²) in [4.78, 5) is 9.57. The number of halogens is 2. The number of nitrogens with zero attached hydrogens (tertiary/aromatic N) is 2. The second-order valence-electron chi connectivity index (χ2n) is 6.35. The molecule has 0 aliphatic carbocycles. The van der Waals surface area contributed by atoms with E-state index in [1.807, 2.05) is 19.1 Å². The Morgan fingerprint density at radius 3 is 2.68 bits per heavy atom. The van der Waals surface area contributed by atoms with Crippen molar-refractivity contribution in [1.82, 2.24) is 9.97 Å². The van der Waals surface area contributed by atoms with Crippen molar-refractivity contribution in [3.05, 3.63) is 65.0 Å². The van der Waals surface area contributed by atoms with Gasteiger partial charge in [-0.3, -0.25) is 0 Å². The summed E-state index contributed by atoms with van der Waals surface area (Å²) in [6.45, 7) is 3.47. The molecular formula is C19H18F2N4. The lowest BCUT2D eigenvalue weighted by Crippen LogP contribution is -2.30. The maximum Gasteiger partial charge on any atom is 0.135 e. The smallest absolute Gasteiger partial charge is 0.135 e. The largest absolute Gasteiger partial charge is 0.384 e. The van der Waals surface area contributed by atoms with E-state index in [4.69, 9.17) is 5.73 Å². The molecule has 25 heavy (non-hydrogen) atoms. The molecule has 6 heteroatoms. The van der Waals surface area contributed by atoms with Crippen LogP contribution in [-0.4, -0.2) is 16.5 Å². The Bertz CT molecular complexity index is 928. The van der Waals surface area contributed by atoms with Gasteiger partial charge in [-0.25, -0.2) is 13.8 Å².